The second-order valence-electron chi connectivity index (χ2n) is 7.56. The number of piperidine rings is 1. The zero-order valence-electron chi connectivity index (χ0n) is 15.9. The average molecular weight is 417 g/mol. The molecule has 2 fully saturated rings. The molecule has 10 heteroatoms. The molecule has 7 nitrogen and oxygen atoms in total. The van der Waals surface area contributed by atoms with Crippen molar-refractivity contribution in [3.05, 3.63) is 47.9 Å². The predicted octanol–water partition coefficient (Wildman–Crippen LogP) is 3.24. The van der Waals surface area contributed by atoms with Gasteiger partial charge in [0.1, 0.15) is 17.1 Å². The van der Waals surface area contributed by atoms with Gasteiger partial charge < -0.3 is 15.4 Å². The van der Waals surface area contributed by atoms with Crippen LogP contribution in [0.25, 0.3) is 10.9 Å². The molecule has 2 aliphatic rings. The van der Waals surface area contributed by atoms with E-state index in [9.17, 15) is 18.0 Å². The van der Waals surface area contributed by atoms with Crippen molar-refractivity contribution in [3.8, 4) is 5.75 Å². The summed E-state index contributed by atoms with van der Waals surface area (Å²) < 4.78 is 45.9. The Hall–Kier alpha value is -3.14. The fraction of sp³-hybridized carbons (Fsp3) is 0.350. The summed E-state index contributed by atoms with van der Waals surface area (Å²) in [5.74, 6) is 0.200. The number of aromatic nitrogens is 3. The molecule has 1 unspecified atom stereocenters. The van der Waals surface area contributed by atoms with Crippen molar-refractivity contribution in [3.63, 3.8) is 0 Å². The number of anilines is 1. The van der Waals surface area contributed by atoms with Gasteiger partial charge >= 0.3 is 6.18 Å². The van der Waals surface area contributed by atoms with Crippen LogP contribution in [0.4, 0.5) is 18.9 Å². The quantitative estimate of drug-likeness (QED) is 0.681. The fourth-order valence-electron chi connectivity index (χ4n) is 4.04. The van der Waals surface area contributed by atoms with E-state index >= 15 is 0 Å². The summed E-state index contributed by atoms with van der Waals surface area (Å²) in [6, 6.07) is 7.53. The lowest BCUT2D eigenvalue weighted by atomic mass is 9.69. The highest BCUT2D eigenvalue weighted by molar-refractivity contribution is 6.05. The molecule has 1 aliphatic heterocycles. The number of halogens is 3. The van der Waals surface area contributed by atoms with Crippen molar-refractivity contribution in [2.75, 3.05) is 19.0 Å². The van der Waals surface area contributed by atoms with Gasteiger partial charge in [-0.15, -0.1) is 0 Å². The van der Waals surface area contributed by atoms with Gasteiger partial charge in [0, 0.05) is 36.2 Å². The minimum Gasteiger partial charge on any atom is -0.494 e. The number of fused-ring (bicyclic) bond motifs is 2. The molecule has 1 amide bonds. The monoisotopic (exact) mass is 417 g/mol. The van der Waals surface area contributed by atoms with E-state index in [-0.39, 0.29) is 5.69 Å². The van der Waals surface area contributed by atoms with Gasteiger partial charge in [0.2, 0.25) is 0 Å². The maximum atomic E-state index is 12.9. The molecule has 3 atom stereocenters. The summed E-state index contributed by atoms with van der Waals surface area (Å²) in [6.07, 6.45) is -1.68. The van der Waals surface area contributed by atoms with Crippen molar-refractivity contribution in [2.24, 2.45) is 5.92 Å². The van der Waals surface area contributed by atoms with Gasteiger partial charge in [0.15, 0.2) is 0 Å². The van der Waals surface area contributed by atoms with E-state index in [2.05, 4.69) is 20.7 Å². The Labute approximate surface area is 169 Å². The van der Waals surface area contributed by atoms with E-state index in [0.717, 1.165) is 36.0 Å². The summed E-state index contributed by atoms with van der Waals surface area (Å²) in [4.78, 5) is 16.0. The van der Waals surface area contributed by atoms with Crippen LogP contribution in [0.3, 0.4) is 0 Å². The number of hydrogen-bond donors (Lipinski definition) is 2. The third-order valence-corrected chi connectivity index (χ3v) is 5.83. The highest BCUT2D eigenvalue weighted by Gasteiger charge is 2.48. The summed E-state index contributed by atoms with van der Waals surface area (Å²) >= 11 is 0. The van der Waals surface area contributed by atoms with E-state index in [1.165, 1.54) is 13.2 Å². The molecular weight excluding hydrogens is 399 g/mol. The highest BCUT2D eigenvalue weighted by atomic mass is 19.4. The fourth-order valence-corrected chi connectivity index (χ4v) is 4.04. The first-order valence-corrected chi connectivity index (χ1v) is 9.49. The van der Waals surface area contributed by atoms with Gasteiger partial charge in [0.25, 0.3) is 5.91 Å². The summed E-state index contributed by atoms with van der Waals surface area (Å²) in [6.45, 7) is 0.986. The first-order valence-electron chi connectivity index (χ1n) is 9.49. The van der Waals surface area contributed by atoms with Crippen LogP contribution in [0.2, 0.25) is 0 Å². The number of alkyl halides is 3. The topological polar surface area (TPSA) is 81.1 Å². The molecular formula is C20H18F3N5O2. The number of pyridine rings is 1. The Morgan fingerprint density at radius 3 is 2.80 bits per heavy atom. The predicted molar refractivity (Wildman–Crippen MR) is 102 cm³/mol. The van der Waals surface area contributed by atoms with Crippen molar-refractivity contribution in [1.82, 2.24) is 20.1 Å². The molecule has 156 valence electrons. The minimum atomic E-state index is -4.63. The van der Waals surface area contributed by atoms with Gasteiger partial charge in [-0.2, -0.15) is 18.3 Å². The molecule has 0 bridgehead atoms. The SMILES string of the molecule is COc1cc2nn([C@H]3CC4NC[C@H]43)cc2cc1NC(=O)c1cccc(C(F)(F)F)n1. The third kappa shape index (κ3) is 3.07. The van der Waals surface area contributed by atoms with Crippen LogP contribution in [0.5, 0.6) is 5.75 Å². The second kappa shape index (κ2) is 6.69. The van der Waals surface area contributed by atoms with E-state index in [4.69, 9.17) is 4.74 Å². The number of methoxy groups -OCH3 is 1. The molecule has 2 aromatic heterocycles. The smallest absolute Gasteiger partial charge is 0.433 e. The van der Waals surface area contributed by atoms with E-state index in [0.29, 0.717) is 29.4 Å². The number of hydrogen-bond acceptors (Lipinski definition) is 5. The maximum Gasteiger partial charge on any atom is 0.433 e. The third-order valence-electron chi connectivity index (χ3n) is 5.83. The van der Waals surface area contributed by atoms with Crippen LogP contribution < -0.4 is 15.4 Å². The molecule has 1 saturated carbocycles. The number of carbonyl (C=O) groups excluding carboxylic acids is 1. The van der Waals surface area contributed by atoms with Gasteiger partial charge in [0.05, 0.1) is 24.4 Å². The van der Waals surface area contributed by atoms with Crippen LogP contribution in [-0.4, -0.2) is 40.4 Å². The molecule has 3 heterocycles. The molecule has 5 rings (SSSR count). The summed E-state index contributed by atoms with van der Waals surface area (Å²) in [5.41, 5.74) is -0.396. The summed E-state index contributed by atoms with van der Waals surface area (Å²) in [7, 11) is 1.45. The lowest BCUT2D eigenvalue weighted by Crippen LogP contribution is -2.64. The van der Waals surface area contributed by atoms with Gasteiger partial charge in [-0.05, 0) is 24.6 Å². The van der Waals surface area contributed by atoms with E-state index in [1.807, 2.05) is 10.9 Å². The lowest BCUT2D eigenvalue weighted by Gasteiger charge is -2.53. The average Bonchev–Trinajstić information content (AvgIpc) is 3.11. The minimum absolute atomic E-state index is 0.333. The molecule has 3 aromatic rings. The molecule has 1 aromatic carbocycles. The van der Waals surface area contributed by atoms with Gasteiger partial charge in [-0.1, -0.05) is 6.07 Å². The van der Waals surface area contributed by atoms with Crippen molar-refractivity contribution in [1.29, 1.82) is 0 Å². The Morgan fingerprint density at radius 1 is 1.33 bits per heavy atom. The van der Waals surface area contributed by atoms with Crippen molar-refractivity contribution < 1.29 is 22.7 Å². The number of rotatable bonds is 4. The molecule has 1 saturated heterocycles. The number of carbonyl (C=O) groups is 1. The first-order chi connectivity index (χ1) is 14.3. The summed E-state index contributed by atoms with van der Waals surface area (Å²) in [5, 5.41) is 11.4. The number of ether oxygens (including phenoxy) is 1. The number of nitrogens with one attached hydrogen (secondary N) is 2. The lowest BCUT2D eigenvalue weighted by molar-refractivity contribution is -0.141. The molecule has 2 N–H and O–H groups in total. The molecule has 0 spiro atoms. The Bertz CT molecular complexity index is 1140. The van der Waals surface area contributed by atoms with Crippen LogP contribution in [0.15, 0.2) is 36.5 Å². The largest absolute Gasteiger partial charge is 0.494 e. The Kier molecular flexibility index (Phi) is 4.21. The van der Waals surface area contributed by atoms with Gasteiger partial charge in [-0.25, -0.2) is 4.98 Å². The standard InChI is InChI=1S/C20H18F3N5O2/c1-30-17-7-13-10(9-28(27-13)16-6-14-11(16)8-24-14)5-15(17)26-19(29)12-3-2-4-18(25-12)20(21,22)23/h2-5,7,9,11,14,16,24H,6,8H2,1H3,(H,26,29)/t11-,14?,16+/m1/s1. The van der Waals surface area contributed by atoms with Crippen molar-refractivity contribution in [2.45, 2.75) is 24.7 Å². The van der Waals surface area contributed by atoms with Crippen LogP contribution >= 0.6 is 0 Å². The Balaban J connectivity index is 1.42. The van der Waals surface area contributed by atoms with Crippen LogP contribution in [-0.2, 0) is 6.18 Å². The second-order valence-corrected chi connectivity index (χ2v) is 7.56. The molecule has 0 radical (unpaired) electrons. The number of nitrogens with zero attached hydrogens (tertiary/aromatic N) is 3. The first kappa shape index (κ1) is 18.9. The van der Waals surface area contributed by atoms with Gasteiger partial charge in [-0.3, -0.25) is 9.48 Å². The maximum absolute atomic E-state index is 12.9. The van der Waals surface area contributed by atoms with E-state index in [1.54, 1.807) is 12.1 Å². The van der Waals surface area contributed by atoms with Crippen LogP contribution in [0.1, 0.15) is 28.6 Å². The normalized spacial score (nSPS) is 22.7. The molecule has 30 heavy (non-hydrogen) atoms. The molecule has 1 aliphatic carbocycles. The van der Waals surface area contributed by atoms with Crippen molar-refractivity contribution >= 4 is 22.5 Å². The number of amides is 1. The number of benzene rings is 1. The van der Waals surface area contributed by atoms with E-state index < -0.39 is 17.8 Å². The van der Waals surface area contributed by atoms with Crippen LogP contribution in [0, 0.1) is 5.92 Å². The highest BCUT2D eigenvalue weighted by Crippen LogP contribution is 2.44. The zero-order chi connectivity index (χ0) is 21.0. The zero-order valence-corrected chi connectivity index (χ0v) is 15.9. The Morgan fingerprint density at radius 2 is 2.17 bits per heavy atom.